The first-order valence-corrected chi connectivity index (χ1v) is 5.12. The zero-order chi connectivity index (χ0) is 12.8. The molecule has 0 aromatic carbocycles. The van der Waals surface area contributed by atoms with Gasteiger partial charge in [0.25, 0.3) is 23.6 Å². The molecule has 0 aromatic heterocycles. The van der Waals surface area contributed by atoms with Crippen molar-refractivity contribution in [3.63, 3.8) is 0 Å². The van der Waals surface area contributed by atoms with E-state index in [9.17, 15) is 19.2 Å². The van der Waals surface area contributed by atoms with Gasteiger partial charge in [-0.15, -0.1) is 0 Å². The monoisotopic (exact) mass is 236 g/mol. The predicted molar refractivity (Wildman–Crippen MR) is 58.4 cm³/mol. The van der Waals surface area contributed by atoms with Crippen LogP contribution in [0.15, 0.2) is 23.8 Å². The number of imide groups is 2. The fraction of sp³-hybridized carbons (Fsp3) is 0.273. The molecule has 0 saturated carbocycles. The van der Waals surface area contributed by atoms with Crippen LogP contribution in [0.3, 0.4) is 0 Å². The third kappa shape index (κ3) is 4.02. The zero-order valence-electron chi connectivity index (χ0n) is 9.28. The summed E-state index contributed by atoms with van der Waals surface area (Å²) in [7, 11) is 0. The molecule has 90 valence electrons. The van der Waals surface area contributed by atoms with Crippen molar-refractivity contribution in [1.29, 1.82) is 0 Å². The highest BCUT2D eigenvalue weighted by Crippen LogP contribution is 2.08. The lowest BCUT2D eigenvalue weighted by molar-refractivity contribution is -0.125. The first-order valence-electron chi connectivity index (χ1n) is 5.12. The van der Waals surface area contributed by atoms with Crippen molar-refractivity contribution in [1.82, 2.24) is 10.6 Å². The third-order valence-corrected chi connectivity index (χ3v) is 1.99. The molecular weight excluding hydrogens is 224 g/mol. The molecule has 0 spiro atoms. The van der Waals surface area contributed by atoms with Gasteiger partial charge in [-0.2, -0.15) is 0 Å². The number of hydrogen-bond acceptors (Lipinski definition) is 4. The van der Waals surface area contributed by atoms with Crippen LogP contribution in [-0.4, -0.2) is 23.6 Å². The highest BCUT2D eigenvalue weighted by atomic mass is 16.2. The summed E-state index contributed by atoms with van der Waals surface area (Å²) in [5.74, 6) is -1.17. The van der Waals surface area contributed by atoms with Gasteiger partial charge in [0, 0.05) is 23.8 Å². The van der Waals surface area contributed by atoms with E-state index in [1.165, 1.54) is 18.2 Å². The Morgan fingerprint density at radius 3 is 1.82 bits per heavy atom. The Morgan fingerprint density at radius 2 is 1.53 bits per heavy atom. The van der Waals surface area contributed by atoms with Gasteiger partial charge in [-0.1, -0.05) is 13.3 Å². The van der Waals surface area contributed by atoms with Gasteiger partial charge in [0.1, 0.15) is 0 Å². The quantitative estimate of drug-likeness (QED) is 0.636. The fourth-order valence-corrected chi connectivity index (χ4v) is 1.26. The molecule has 0 atom stereocenters. The Labute approximate surface area is 97.7 Å². The second-order valence-corrected chi connectivity index (χ2v) is 3.42. The average Bonchev–Trinajstić information content (AvgIpc) is 2.75. The summed E-state index contributed by atoms with van der Waals surface area (Å²) in [5.41, 5.74) is 0.604. The van der Waals surface area contributed by atoms with Gasteiger partial charge in [0.15, 0.2) is 0 Å². The van der Waals surface area contributed by atoms with Crippen LogP contribution in [0.4, 0.5) is 0 Å². The van der Waals surface area contributed by atoms with Gasteiger partial charge in [0.2, 0.25) is 0 Å². The maximum atomic E-state index is 10.8. The molecule has 0 aromatic rings. The molecule has 2 aliphatic heterocycles. The molecule has 6 nitrogen and oxygen atoms in total. The lowest BCUT2D eigenvalue weighted by atomic mass is 10.1. The van der Waals surface area contributed by atoms with Crippen molar-refractivity contribution < 1.29 is 19.2 Å². The Balaban J connectivity index is 0.000000181. The molecule has 2 aliphatic rings. The van der Waals surface area contributed by atoms with Crippen molar-refractivity contribution in [2.75, 3.05) is 0 Å². The van der Waals surface area contributed by atoms with Crippen LogP contribution in [0.25, 0.3) is 0 Å². The van der Waals surface area contributed by atoms with E-state index in [1.807, 2.05) is 12.2 Å². The number of carbonyl (C=O) groups is 4. The zero-order valence-corrected chi connectivity index (χ0v) is 9.28. The first-order chi connectivity index (χ1) is 8.02. The second-order valence-electron chi connectivity index (χ2n) is 3.42. The molecule has 0 radical (unpaired) electrons. The largest absolute Gasteiger partial charge is 0.289 e. The highest BCUT2D eigenvalue weighted by molar-refractivity contribution is 6.16. The Hall–Kier alpha value is -2.24. The fourth-order valence-electron chi connectivity index (χ4n) is 1.26. The van der Waals surface area contributed by atoms with Crippen LogP contribution >= 0.6 is 0 Å². The summed E-state index contributed by atoms with van der Waals surface area (Å²) in [4.78, 5) is 41.4. The molecule has 0 saturated heterocycles. The smallest absolute Gasteiger partial charge is 0.254 e. The van der Waals surface area contributed by atoms with E-state index in [2.05, 4.69) is 5.32 Å². The Kier molecular flexibility index (Phi) is 4.33. The number of hydrogen-bond donors (Lipinski definition) is 2. The Morgan fingerprint density at radius 1 is 0.941 bits per heavy atom. The van der Waals surface area contributed by atoms with E-state index < -0.39 is 0 Å². The van der Waals surface area contributed by atoms with Crippen LogP contribution in [0, 0.1) is 0 Å². The van der Waals surface area contributed by atoms with E-state index in [-0.39, 0.29) is 23.6 Å². The lowest BCUT2D eigenvalue weighted by Crippen LogP contribution is -2.22. The molecular formula is C11H12N2O4. The van der Waals surface area contributed by atoms with E-state index in [0.29, 0.717) is 12.0 Å². The molecule has 17 heavy (non-hydrogen) atoms. The Bertz CT molecular complexity index is 419. The van der Waals surface area contributed by atoms with Crippen LogP contribution < -0.4 is 10.6 Å². The van der Waals surface area contributed by atoms with Gasteiger partial charge in [0.05, 0.1) is 0 Å². The number of amides is 4. The normalized spacial score (nSPS) is 17.4. The minimum absolute atomic E-state index is 0.230. The van der Waals surface area contributed by atoms with Crippen molar-refractivity contribution >= 4 is 23.6 Å². The molecule has 0 aliphatic carbocycles. The molecule has 2 heterocycles. The maximum Gasteiger partial charge on any atom is 0.254 e. The van der Waals surface area contributed by atoms with E-state index in [4.69, 9.17) is 0 Å². The topological polar surface area (TPSA) is 92.3 Å². The standard InChI is InChI=1S/C7H9NO2.C4H3NO2/c1-2-3-5-4-6(9)8-7(5)10;6-3-1-2-4(7)5-3/h4H,2-3H2,1H3,(H,8,9,10);1-2H,(H,5,6,7). The molecule has 2 N–H and O–H groups in total. The lowest BCUT2D eigenvalue weighted by Gasteiger charge is -1.92. The first kappa shape index (κ1) is 12.8. The van der Waals surface area contributed by atoms with Crippen LogP contribution in [0.2, 0.25) is 0 Å². The summed E-state index contributed by atoms with van der Waals surface area (Å²) >= 11 is 0. The molecule has 0 unspecified atom stereocenters. The minimum atomic E-state index is -0.329. The van der Waals surface area contributed by atoms with Gasteiger partial charge in [-0.25, -0.2) is 0 Å². The van der Waals surface area contributed by atoms with Crippen molar-refractivity contribution in [3.05, 3.63) is 23.8 Å². The molecule has 2 rings (SSSR count). The number of carbonyl (C=O) groups excluding carboxylic acids is 4. The van der Waals surface area contributed by atoms with Gasteiger partial charge < -0.3 is 0 Å². The second kappa shape index (κ2) is 5.74. The summed E-state index contributed by atoms with van der Waals surface area (Å²) < 4.78 is 0. The third-order valence-electron chi connectivity index (χ3n) is 1.99. The van der Waals surface area contributed by atoms with Crippen molar-refractivity contribution in [2.45, 2.75) is 19.8 Å². The number of rotatable bonds is 2. The SMILES string of the molecule is CCCC1=CC(=O)NC1=O.O=C1C=CC(=O)N1. The van der Waals surface area contributed by atoms with Crippen molar-refractivity contribution in [2.24, 2.45) is 0 Å². The van der Waals surface area contributed by atoms with E-state index in [0.717, 1.165) is 6.42 Å². The maximum absolute atomic E-state index is 10.8. The van der Waals surface area contributed by atoms with Crippen molar-refractivity contribution in [3.8, 4) is 0 Å². The van der Waals surface area contributed by atoms with E-state index in [1.54, 1.807) is 0 Å². The van der Waals surface area contributed by atoms with Gasteiger partial charge in [-0.3, -0.25) is 29.8 Å². The summed E-state index contributed by atoms with van der Waals surface area (Å²) in [5, 5.41) is 4.21. The van der Waals surface area contributed by atoms with Gasteiger partial charge >= 0.3 is 0 Å². The number of nitrogens with one attached hydrogen (secondary N) is 2. The highest BCUT2D eigenvalue weighted by Gasteiger charge is 2.18. The molecule has 0 fully saturated rings. The molecule has 4 amide bonds. The van der Waals surface area contributed by atoms with Crippen LogP contribution in [0.1, 0.15) is 19.8 Å². The molecule has 6 heteroatoms. The predicted octanol–water partition coefficient (Wildman–Crippen LogP) is -0.432. The van der Waals surface area contributed by atoms with E-state index >= 15 is 0 Å². The van der Waals surface area contributed by atoms with Gasteiger partial charge in [-0.05, 0) is 6.42 Å². The average molecular weight is 236 g/mol. The minimum Gasteiger partial charge on any atom is -0.289 e. The summed E-state index contributed by atoms with van der Waals surface area (Å²) in [6, 6.07) is 0. The van der Waals surface area contributed by atoms with Crippen LogP contribution in [-0.2, 0) is 19.2 Å². The van der Waals surface area contributed by atoms with Crippen LogP contribution in [0.5, 0.6) is 0 Å². The molecule has 0 bridgehead atoms. The summed E-state index contributed by atoms with van der Waals surface area (Å²) in [6.45, 7) is 1.97. The summed E-state index contributed by atoms with van der Waals surface area (Å²) in [6.07, 6.45) is 5.35.